The number of hydrogen-bond acceptors (Lipinski definition) is 3. The fraction of sp³-hybridized carbons (Fsp3) is 0.636. The zero-order valence-corrected chi connectivity index (χ0v) is 11.2. The lowest BCUT2D eigenvalue weighted by Crippen LogP contribution is -2.35. The van der Waals surface area contributed by atoms with Crippen molar-refractivity contribution >= 4 is 18.3 Å². The Morgan fingerprint density at radius 1 is 1.53 bits per heavy atom. The van der Waals surface area contributed by atoms with Gasteiger partial charge in [0.25, 0.3) is 0 Å². The standard InChI is InChI=1S/C11H20N4O.ClH/c1-10(9-12-2)11(16)13-5-3-7-15-8-4-6-14-15;/h4,6,8,10,12H,3,5,7,9H2,1-2H3,(H,13,16);1H. The lowest BCUT2D eigenvalue weighted by atomic mass is 10.1. The summed E-state index contributed by atoms with van der Waals surface area (Å²) in [6.07, 6.45) is 4.58. The van der Waals surface area contributed by atoms with Crippen LogP contribution >= 0.6 is 12.4 Å². The van der Waals surface area contributed by atoms with E-state index in [-0.39, 0.29) is 24.2 Å². The van der Waals surface area contributed by atoms with Gasteiger partial charge in [-0.15, -0.1) is 12.4 Å². The maximum absolute atomic E-state index is 11.5. The number of hydrogen-bond donors (Lipinski definition) is 2. The minimum absolute atomic E-state index is 0. The van der Waals surface area contributed by atoms with Crippen LogP contribution in [0.3, 0.4) is 0 Å². The van der Waals surface area contributed by atoms with E-state index in [1.54, 1.807) is 6.20 Å². The highest BCUT2D eigenvalue weighted by Crippen LogP contribution is 1.93. The van der Waals surface area contributed by atoms with Crippen LogP contribution in [0, 0.1) is 5.92 Å². The van der Waals surface area contributed by atoms with Gasteiger partial charge in [-0.05, 0) is 19.5 Å². The summed E-state index contributed by atoms with van der Waals surface area (Å²) < 4.78 is 1.86. The highest BCUT2D eigenvalue weighted by Gasteiger charge is 2.10. The molecule has 5 nitrogen and oxygen atoms in total. The van der Waals surface area contributed by atoms with Crippen LogP contribution < -0.4 is 10.6 Å². The maximum Gasteiger partial charge on any atom is 0.224 e. The number of carbonyl (C=O) groups is 1. The topological polar surface area (TPSA) is 59.0 Å². The summed E-state index contributed by atoms with van der Waals surface area (Å²) in [4.78, 5) is 11.5. The van der Waals surface area contributed by atoms with Gasteiger partial charge in [0.05, 0.1) is 0 Å². The second-order valence-corrected chi connectivity index (χ2v) is 3.87. The Morgan fingerprint density at radius 3 is 2.88 bits per heavy atom. The number of rotatable bonds is 7. The van der Waals surface area contributed by atoms with E-state index in [4.69, 9.17) is 0 Å². The molecule has 0 spiro atoms. The Hall–Kier alpha value is -1.07. The van der Waals surface area contributed by atoms with E-state index < -0.39 is 0 Å². The molecular weight excluding hydrogens is 240 g/mol. The van der Waals surface area contributed by atoms with Crippen molar-refractivity contribution in [2.24, 2.45) is 5.92 Å². The number of aromatic nitrogens is 2. The maximum atomic E-state index is 11.5. The normalized spacial score (nSPS) is 11.6. The first kappa shape index (κ1) is 15.9. The fourth-order valence-electron chi connectivity index (χ4n) is 1.46. The van der Waals surface area contributed by atoms with Crippen molar-refractivity contribution in [1.82, 2.24) is 20.4 Å². The number of halogens is 1. The van der Waals surface area contributed by atoms with Crippen molar-refractivity contribution in [2.75, 3.05) is 20.1 Å². The van der Waals surface area contributed by atoms with Crippen molar-refractivity contribution in [3.05, 3.63) is 18.5 Å². The molecule has 2 N–H and O–H groups in total. The van der Waals surface area contributed by atoms with Crippen LogP contribution in [-0.2, 0) is 11.3 Å². The van der Waals surface area contributed by atoms with Crippen molar-refractivity contribution in [1.29, 1.82) is 0 Å². The monoisotopic (exact) mass is 260 g/mol. The van der Waals surface area contributed by atoms with Gasteiger partial charge in [0.15, 0.2) is 0 Å². The zero-order valence-electron chi connectivity index (χ0n) is 10.3. The third kappa shape index (κ3) is 6.28. The molecule has 1 aromatic heterocycles. The molecule has 0 aliphatic carbocycles. The van der Waals surface area contributed by atoms with Gasteiger partial charge in [-0.2, -0.15) is 5.10 Å². The van der Waals surface area contributed by atoms with Gasteiger partial charge in [0.1, 0.15) is 0 Å². The van der Waals surface area contributed by atoms with E-state index in [0.29, 0.717) is 13.1 Å². The summed E-state index contributed by atoms with van der Waals surface area (Å²) in [5, 5.41) is 9.99. The molecule has 6 heteroatoms. The summed E-state index contributed by atoms with van der Waals surface area (Å²) >= 11 is 0. The van der Waals surface area contributed by atoms with Gasteiger partial charge in [-0.1, -0.05) is 6.92 Å². The van der Waals surface area contributed by atoms with E-state index >= 15 is 0 Å². The van der Waals surface area contributed by atoms with Gasteiger partial charge in [0.2, 0.25) is 5.91 Å². The molecule has 1 amide bonds. The van der Waals surface area contributed by atoms with E-state index in [2.05, 4.69) is 15.7 Å². The molecule has 17 heavy (non-hydrogen) atoms. The summed E-state index contributed by atoms with van der Waals surface area (Å²) in [7, 11) is 1.85. The van der Waals surface area contributed by atoms with Crippen LogP contribution in [0.1, 0.15) is 13.3 Å². The molecule has 1 unspecified atom stereocenters. The van der Waals surface area contributed by atoms with Crippen LogP contribution in [0.15, 0.2) is 18.5 Å². The smallest absolute Gasteiger partial charge is 0.224 e. The molecule has 0 fully saturated rings. The Bertz CT molecular complexity index is 302. The van der Waals surface area contributed by atoms with Gasteiger partial charge in [0, 0.05) is 37.9 Å². The van der Waals surface area contributed by atoms with E-state index in [0.717, 1.165) is 13.0 Å². The van der Waals surface area contributed by atoms with Crippen molar-refractivity contribution in [2.45, 2.75) is 19.9 Å². The minimum Gasteiger partial charge on any atom is -0.356 e. The predicted molar refractivity (Wildman–Crippen MR) is 70.2 cm³/mol. The number of nitrogens with one attached hydrogen (secondary N) is 2. The Morgan fingerprint density at radius 2 is 2.29 bits per heavy atom. The molecule has 1 rings (SSSR count). The highest BCUT2D eigenvalue weighted by molar-refractivity contribution is 5.85. The number of nitrogens with zero attached hydrogens (tertiary/aromatic N) is 2. The van der Waals surface area contributed by atoms with Gasteiger partial charge in [-0.3, -0.25) is 9.48 Å². The average molecular weight is 261 g/mol. The van der Waals surface area contributed by atoms with Crippen LogP contribution in [-0.4, -0.2) is 35.8 Å². The lowest BCUT2D eigenvalue weighted by Gasteiger charge is -2.11. The molecule has 1 heterocycles. The van der Waals surface area contributed by atoms with Crippen LogP contribution in [0.2, 0.25) is 0 Å². The van der Waals surface area contributed by atoms with Crippen LogP contribution in [0.5, 0.6) is 0 Å². The number of amides is 1. The fourth-order valence-corrected chi connectivity index (χ4v) is 1.46. The number of carbonyl (C=O) groups excluding carboxylic acids is 1. The van der Waals surface area contributed by atoms with Crippen molar-refractivity contribution in [3.63, 3.8) is 0 Å². The molecule has 0 aromatic carbocycles. The first-order valence-corrected chi connectivity index (χ1v) is 5.63. The second kappa shape index (κ2) is 9.01. The molecule has 0 saturated heterocycles. The number of aryl methyl sites for hydroxylation is 1. The van der Waals surface area contributed by atoms with Crippen LogP contribution in [0.4, 0.5) is 0 Å². The predicted octanol–water partition coefficient (Wildman–Crippen LogP) is 0.667. The molecule has 1 atom stereocenters. The van der Waals surface area contributed by atoms with E-state index in [1.807, 2.05) is 30.9 Å². The molecule has 0 saturated carbocycles. The van der Waals surface area contributed by atoms with Gasteiger partial charge >= 0.3 is 0 Å². The molecule has 1 aromatic rings. The third-order valence-electron chi connectivity index (χ3n) is 2.38. The van der Waals surface area contributed by atoms with E-state index in [1.165, 1.54) is 0 Å². The van der Waals surface area contributed by atoms with Gasteiger partial charge in [-0.25, -0.2) is 0 Å². The zero-order chi connectivity index (χ0) is 11.8. The third-order valence-corrected chi connectivity index (χ3v) is 2.38. The summed E-state index contributed by atoms with van der Waals surface area (Å²) in [6.45, 7) is 4.17. The minimum atomic E-state index is 0. The molecule has 0 aliphatic rings. The van der Waals surface area contributed by atoms with Crippen molar-refractivity contribution < 1.29 is 4.79 Å². The largest absolute Gasteiger partial charge is 0.356 e. The summed E-state index contributed by atoms with van der Waals surface area (Å²) in [5.74, 6) is 0.129. The Kier molecular flexibility index (Phi) is 8.44. The first-order valence-electron chi connectivity index (χ1n) is 5.63. The SMILES string of the molecule is CNCC(C)C(=O)NCCCn1cccn1.Cl. The molecule has 98 valence electrons. The quantitative estimate of drug-likeness (QED) is 0.709. The lowest BCUT2D eigenvalue weighted by molar-refractivity contribution is -0.124. The highest BCUT2D eigenvalue weighted by atomic mass is 35.5. The summed E-state index contributed by atoms with van der Waals surface area (Å²) in [6, 6.07) is 1.90. The summed E-state index contributed by atoms with van der Waals surface area (Å²) in [5.41, 5.74) is 0. The molecule has 0 bridgehead atoms. The molecular formula is C11H21ClN4O. The molecule has 0 radical (unpaired) electrons. The average Bonchev–Trinajstić information content (AvgIpc) is 2.77. The Labute approximate surface area is 108 Å². The molecule has 0 aliphatic heterocycles. The Balaban J connectivity index is 0.00000256. The first-order chi connectivity index (χ1) is 7.74. The van der Waals surface area contributed by atoms with Crippen molar-refractivity contribution in [3.8, 4) is 0 Å². The second-order valence-electron chi connectivity index (χ2n) is 3.87. The van der Waals surface area contributed by atoms with Crippen LogP contribution in [0.25, 0.3) is 0 Å². The van der Waals surface area contributed by atoms with Gasteiger partial charge < -0.3 is 10.6 Å². The van der Waals surface area contributed by atoms with E-state index in [9.17, 15) is 4.79 Å².